The maximum Gasteiger partial charge on any atom is 0.261 e. The van der Waals surface area contributed by atoms with Crippen LogP contribution in [0.1, 0.15) is 20.7 Å². The topological polar surface area (TPSA) is 37.4 Å². The van der Waals surface area contributed by atoms with Crippen LogP contribution < -0.4 is 0 Å². The van der Waals surface area contributed by atoms with Crippen molar-refractivity contribution in [3.8, 4) is 0 Å². The summed E-state index contributed by atoms with van der Waals surface area (Å²) >= 11 is 1.30. The quantitative estimate of drug-likeness (QED) is 0.643. The molecular weight excluding hydrogens is 289 g/mol. The van der Waals surface area contributed by atoms with E-state index in [9.17, 15) is 14.0 Å². The van der Waals surface area contributed by atoms with Gasteiger partial charge in [-0.3, -0.25) is 14.5 Å². The molecule has 1 aliphatic heterocycles. The normalized spacial score (nSPS) is 13.7. The number of imide groups is 1. The van der Waals surface area contributed by atoms with E-state index in [1.165, 1.54) is 22.7 Å². The summed E-state index contributed by atoms with van der Waals surface area (Å²) in [5, 5.41) is 0. The molecule has 0 aromatic heterocycles. The van der Waals surface area contributed by atoms with Gasteiger partial charge in [0.25, 0.3) is 11.8 Å². The van der Waals surface area contributed by atoms with Gasteiger partial charge < -0.3 is 0 Å². The first-order chi connectivity index (χ1) is 10.2. The van der Waals surface area contributed by atoms with Crippen molar-refractivity contribution in [3.05, 3.63) is 65.5 Å². The maximum absolute atomic E-state index is 13.5. The molecule has 2 amide bonds. The molecule has 2 aromatic rings. The van der Waals surface area contributed by atoms with Gasteiger partial charge in [-0.1, -0.05) is 24.3 Å². The van der Waals surface area contributed by atoms with Gasteiger partial charge in [-0.15, -0.1) is 11.8 Å². The van der Waals surface area contributed by atoms with E-state index >= 15 is 0 Å². The SMILES string of the molecule is O=C1c2ccccc2C(=O)N1CCSc1ccccc1F. The lowest BCUT2D eigenvalue weighted by molar-refractivity contribution is 0.0664. The molecular formula is C16H12FNO2S. The third-order valence-electron chi connectivity index (χ3n) is 3.29. The zero-order valence-corrected chi connectivity index (χ0v) is 11.9. The van der Waals surface area contributed by atoms with Crippen LogP contribution in [0, 0.1) is 5.82 Å². The van der Waals surface area contributed by atoms with Crippen LogP contribution in [-0.4, -0.2) is 29.0 Å². The van der Waals surface area contributed by atoms with Crippen molar-refractivity contribution >= 4 is 23.6 Å². The summed E-state index contributed by atoms with van der Waals surface area (Å²) in [5.74, 6) is -0.369. The van der Waals surface area contributed by atoms with Crippen LogP contribution in [0.2, 0.25) is 0 Å². The standard InChI is InChI=1S/C16H12FNO2S/c17-13-7-3-4-8-14(13)21-10-9-18-15(19)11-5-1-2-6-12(11)16(18)20/h1-8H,9-10H2. The molecule has 1 aliphatic rings. The Hall–Kier alpha value is -2.14. The second-order valence-corrected chi connectivity index (χ2v) is 5.72. The van der Waals surface area contributed by atoms with E-state index in [0.29, 0.717) is 21.8 Å². The van der Waals surface area contributed by atoms with Crippen molar-refractivity contribution < 1.29 is 14.0 Å². The van der Waals surface area contributed by atoms with Gasteiger partial charge in [-0.25, -0.2) is 4.39 Å². The Morgan fingerprint density at radius 3 is 2.10 bits per heavy atom. The Balaban J connectivity index is 1.66. The van der Waals surface area contributed by atoms with E-state index in [1.54, 1.807) is 42.5 Å². The largest absolute Gasteiger partial charge is 0.273 e. The molecule has 0 radical (unpaired) electrons. The molecule has 1 heterocycles. The van der Waals surface area contributed by atoms with E-state index in [2.05, 4.69) is 0 Å². The third-order valence-corrected chi connectivity index (χ3v) is 4.32. The number of rotatable bonds is 4. The second-order valence-electron chi connectivity index (χ2n) is 4.59. The predicted octanol–water partition coefficient (Wildman–Crippen LogP) is 3.21. The van der Waals surface area contributed by atoms with Crippen LogP contribution in [0.25, 0.3) is 0 Å². The summed E-state index contributed by atoms with van der Waals surface area (Å²) in [7, 11) is 0. The minimum absolute atomic E-state index is 0.269. The average molecular weight is 301 g/mol. The molecule has 0 saturated carbocycles. The summed E-state index contributed by atoms with van der Waals surface area (Å²) in [5.41, 5.74) is 0.886. The van der Waals surface area contributed by atoms with Gasteiger partial charge in [-0.2, -0.15) is 0 Å². The Bertz CT molecular complexity index is 682. The van der Waals surface area contributed by atoms with E-state index in [-0.39, 0.29) is 24.2 Å². The number of carbonyl (C=O) groups is 2. The molecule has 2 aromatic carbocycles. The molecule has 21 heavy (non-hydrogen) atoms. The number of nitrogens with zero attached hydrogens (tertiary/aromatic N) is 1. The van der Waals surface area contributed by atoms with Gasteiger partial charge in [0.2, 0.25) is 0 Å². The fourth-order valence-corrected chi connectivity index (χ4v) is 3.13. The van der Waals surface area contributed by atoms with Gasteiger partial charge in [0.1, 0.15) is 5.82 Å². The van der Waals surface area contributed by atoms with Crippen LogP contribution in [0.3, 0.4) is 0 Å². The summed E-state index contributed by atoms with van der Waals surface area (Å²) in [6.07, 6.45) is 0. The minimum atomic E-state index is -0.287. The van der Waals surface area contributed by atoms with E-state index in [1.807, 2.05) is 0 Å². The molecule has 0 fully saturated rings. The number of benzene rings is 2. The van der Waals surface area contributed by atoms with Crippen molar-refractivity contribution in [1.29, 1.82) is 0 Å². The first-order valence-electron chi connectivity index (χ1n) is 6.51. The van der Waals surface area contributed by atoms with E-state index in [4.69, 9.17) is 0 Å². The molecule has 0 unspecified atom stereocenters. The number of fused-ring (bicyclic) bond motifs is 1. The van der Waals surface area contributed by atoms with Crippen molar-refractivity contribution in [2.45, 2.75) is 4.90 Å². The Morgan fingerprint density at radius 2 is 1.48 bits per heavy atom. The Kier molecular flexibility index (Phi) is 3.75. The lowest BCUT2D eigenvalue weighted by Gasteiger charge is -2.13. The average Bonchev–Trinajstić information content (AvgIpc) is 2.74. The van der Waals surface area contributed by atoms with Crippen LogP contribution >= 0.6 is 11.8 Å². The van der Waals surface area contributed by atoms with Crippen molar-refractivity contribution in [2.24, 2.45) is 0 Å². The molecule has 0 bridgehead atoms. The fraction of sp³-hybridized carbons (Fsp3) is 0.125. The summed E-state index contributed by atoms with van der Waals surface area (Å²) < 4.78 is 13.5. The molecule has 3 rings (SSSR count). The number of thioether (sulfide) groups is 1. The van der Waals surface area contributed by atoms with Gasteiger partial charge >= 0.3 is 0 Å². The van der Waals surface area contributed by atoms with Crippen LogP contribution in [0.15, 0.2) is 53.4 Å². The lowest BCUT2D eigenvalue weighted by atomic mass is 10.1. The highest BCUT2D eigenvalue weighted by Crippen LogP contribution is 2.25. The van der Waals surface area contributed by atoms with Crippen molar-refractivity contribution in [2.75, 3.05) is 12.3 Å². The van der Waals surface area contributed by atoms with Gasteiger partial charge in [0, 0.05) is 17.2 Å². The van der Waals surface area contributed by atoms with E-state index in [0.717, 1.165) is 0 Å². The number of halogens is 1. The van der Waals surface area contributed by atoms with Crippen LogP contribution in [-0.2, 0) is 0 Å². The first-order valence-corrected chi connectivity index (χ1v) is 7.49. The van der Waals surface area contributed by atoms with Gasteiger partial charge in [-0.05, 0) is 24.3 Å². The highest BCUT2D eigenvalue weighted by atomic mass is 32.2. The van der Waals surface area contributed by atoms with Crippen molar-refractivity contribution in [1.82, 2.24) is 4.90 Å². The minimum Gasteiger partial charge on any atom is -0.273 e. The first kappa shape index (κ1) is 13.8. The zero-order valence-electron chi connectivity index (χ0n) is 11.1. The third kappa shape index (κ3) is 2.56. The lowest BCUT2D eigenvalue weighted by Crippen LogP contribution is -2.31. The molecule has 0 saturated heterocycles. The molecule has 106 valence electrons. The van der Waals surface area contributed by atoms with Crippen LogP contribution in [0.4, 0.5) is 4.39 Å². The van der Waals surface area contributed by atoms with Gasteiger partial charge in [0.15, 0.2) is 0 Å². The molecule has 0 N–H and O–H groups in total. The number of hydrogen-bond acceptors (Lipinski definition) is 3. The Labute approximate surface area is 125 Å². The van der Waals surface area contributed by atoms with Crippen molar-refractivity contribution in [3.63, 3.8) is 0 Å². The Morgan fingerprint density at radius 1 is 0.905 bits per heavy atom. The number of carbonyl (C=O) groups excluding carboxylic acids is 2. The second kappa shape index (κ2) is 5.69. The van der Waals surface area contributed by atoms with E-state index < -0.39 is 0 Å². The molecule has 0 spiro atoms. The molecule has 0 aliphatic carbocycles. The summed E-state index contributed by atoms with van der Waals surface area (Å²) in [4.78, 5) is 26.0. The smallest absolute Gasteiger partial charge is 0.261 e. The molecule has 0 atom stereocenters. The highest BCUT2D eigenvalue weighted by molar-refractivity contribution is 7.99. The fourth-order valence-electron chi connectivity index (χ4n) is 2.25. The van der Waals surface area contributed by atoms with Crippen LogP contribution in [0.5, 0.6) is 0 Å². The zero-order chi connectivity index (χ0) is 14.8. The number of amides is 2. The predicted molar refractivity (Wildman–Crippen MR) is 78.9 cm³/mol. The van der Waals surface area contributed by atoms with Gasteiger partial charge in [0.05, 0.1) is 11.1 Å². The molecule has 3 nitrogen and oxygen atoms in total. The highest BCUT2D eigenvalue weighted by Gasteiger charge is 2.34. The monoisotopic (exact) mass is 301 g/mol. The number of hydrogen-bond donors (Lipinski definition) is 0. The maximum atomic E-state index is 13.5. The molecule has 5 heteroatoms. The summed E-state index contributed by atoms with van der Waals surface area (Å²) in [6.45, 7) is 0.269. The summed E-state index contributed by atoms with van der Waals surface area (Å²) in [6, 6.07) is 13.2.